The van der Waals surface area contributed by atoms with E-state index >= 15 is 0 Å². The molecule has 0 saturated heterocycles. The van der Waals surface area contributed by atoms with Crippen LogP contribution in [0.2, 0.25) is 0 Å². The molecule has 0 spiro atoms. The Morgan fingerprint density at radius 1 is 0.967 bits per heavy atom. The van der Waals surface area contributed by atoms with Gasteiger partial charge in [-0.3, -0.25) is 14.8 Å². The first-order chi connectivity index (χ1) is 14.8. The number of thiazole rings is 1. The van der Waals surface area contributed by atoms with Crippen LogP contribution >= 0.6 is 11.3 Å². The van der Waals surface area contributed by atoms with Gasteiger partial charge in [-0.1, -0.05) is 12.1 Å². The minimum absolute atomic E-state index is 0.154. The summed E-state index contributed by atoms with van der Waals surface area (Å²) in [6, 6.07) is 16.1. The Labute approximate surface area is 179 Å². The summed E-state index contributed by atoms with van der Waals surface area (Å²) in [6.07, 6.45) is 7.63. The number of carbonyl (C=O) groups excluding carboxylic acids is 1. The molecule has 3 aromatic heterocycles. The Hall–Kier alpha value is -3.38. The van der Waals surface area contributed by atoms with Crippen LogP contribution in [0, 0.1) is 0 Å². The molecular formula is C24H20N4OS. The number of hydrogen-bond donors (Lipinski definition) is 0. The van der Waals surface area contributed by atoms with Crippen molar-refractivity contribution in [2.24, 2.45) is 0 Å². The summed E-state index contributed by atoms with van der Waals surface area (Å²) in [5.41, 5.74) is 6.18. The van der Waals surface area contributed by atoms with E-state index < -0.39 is 0 Å². The monoisotopic (exact) mass is 412 g/mol. The number of benzene rings is 1. The highest BCUT2D eigenvalue weighted by Crippen LogP contribution is 2.34. The van der Waals surface area contributed by atoms with Gasteiger partial charge in [0.25, 0.3) is 0 Å². The fraction of sp³-hybridized carbons (Fsp3) is 0.167. The zero-order valence-electron chi connectivity index (χ0n) is 16.4. The van der Waals surface area contributed by atoms with Gasteiger partial charge in [0.1, 0.15) is 5.01 Å². The van der Waals surface area contributed by atoms with Crippen molar-refractivity contribution >= 4 is 22.9 Å². The number of nitrogens with zero attached hydrogens (tertiary/aromatic N) is 4. The van der Waals surface area contributed by atoms with Crippen molar-refractivity contribution < 1.29 is 4.79 Å². The van der Waals surface area contributed by atoms with E-state index in [-0.39, 0.29) is 5.91 Å². The highest BCUT2D eigenvalue weighted by molar-refractivity contribution is 7.13. The Morgan fingerprint density at radius 3 is 2.70 bits per heavy atom. The number of pyridine rings is 2. The third-order valence-corrected chi connectivity index (χ3v) is 6.17. The molecule has 30 heavy (non-hydrogen) atoms. The van der Waals surface area contributed by atoms with Crippen LogP contribution in [0.4, 0.5) is 5.69 Å². The Bertz CT molecular complexity index is 1170. The first kappa shape index (κ1) is 18.6. The zero-order valence-corrected chi connectivity index (χ0v) is 17.2. The van der Waals surface area contributed by atoms with Crippen molar-refractivity contribution in [1.82, 2.24) is 15.0 Å². The number of aryl methyl sites for hydroxylation is 1. The maximum Gasteiger partial charge on any atom is 0.227 e. The summed E-state index contributed by atoms with van der Waals surface area (Å²) in [4.78, 5) is 28.0. The van der Waals surface area contributed by atoms with E-state index in [0.29, 0.717) is 13.0 Å². The standard InChI is InChI=1S/C24H20N4OS/c29-23-6-3-4-19-14-18(21-16-30-24(27-21)17-9-12-25-13-10-17)7-8-22(19)28(23)15-20-5-1-2-11-26-20/h1-2,5,7-14,16H,3-4,6,15H2. The van der Waals surface area contributed by atoms with Crippen LogP contribution < -0.4 is 4.90 Å². The van der Waals surface area contributed by atoms with Gasteiger partial charge in [0.15, 0.2) is 0 Å². The first-order valence-electron chi connectivity index (χ1n) is 9.97. The molecule has 0 unspecified atom stereocenters. The minimum atomic E-state index is 0.154. The van der Waals surface area contributed by atoms with E-state index in [0.717, 1.165) is 46.1 Å². The van der Waals surface area contributed by atoms with Crippen LogP contribution in [0.5, 0.6) is 0 Å². The molecule has 6 heteroatoms. The average molecular weight is 413 g/mol. The Balaban J connectivity index is 1.48. The number of fused-ring (bicyclic) bond motifs is 1. The normalized spacial score (nSPS) is 13.7. The number of aromatic nitrogens is 3. The second-order valence-electron chi connectivity index (χ2n) is 7.27. The van der Waals surface area contributed by atoms with Crippen LogP contribution in [-0.4, -0.2) is 20.9 Å². The van der Waals surface area contributed by atoms with Crippen molar-refractivity contribution in [2.45, 2.75) is 25.8 Å². The largest absolute Gasteiger partial charge is 0.306 e. The molecule has 148 valence electrons. The third kappa shape index (κ3) is 3.74. The van der Waals surface area contributed by atoms with E-state index in [4.69, 9.17) is 4.98 Å². The number of anilines is 1. The van der Waals surface area contributed by atoms with E-state index in [2.05, 4.69) is 33.5 Å². The summed E-state index contributed by atoms with van der Waals surface area (Å²) in [5, 5.41) is 3.07. The smallest absolute Gasteiger partial charge is 0.227 e. The lowest BCUT2D eigenvalue weighted by Crippen LogP contribution is -2.30. The lowest BCUT2D eigenvalue weighted by molar-refractivity contribution is -0.118. The minimum Gasteiger partial charge on any atom is -0.306 e. The number of rotatable bonds is 4. The van der Waals surface area contributed by atoms with Gasteiger partial charge < -0.3 is 4.90 Å². The molecule has 0 N–H and O–H groups in total. The van der Waals surface area contributed by atoms with E-state index in [1.807, 2.05) is 35.2 Å². The molecule has 1 aliphatic rings. The molecule has 1 aliphatic heterocycles. The summed E-state index contributed by atoms with van der Waals surface area (Å²) < 4.78 is 0. The van der Waals surface area contributed by atoms with Crippen LogP contribution in [-0.2, 0) is 17.8 Å². The van der Waals surface area contributed by atoms with Crippen LogP contribution in [0.15, 0.2) is 72.5 Å². The summed E-state index contributed by atoms with van der Waals surface area (Å²) in [7, 11) is 0. The molecule has 4 heterocycles. The second-order valence-corrected chi connectivity index (χ2v) is 8.13. The second kappa shape index (κ2) is 8.16. The van der Waals surface area contributed by atoms with Gasteiger partial charge in [-0.15, -0.1) is 11.3 Å². The molecule has 0 fully saturated rings. The van der Waals surface area contributed by atoms with Gasteiger partial charge in [0.05, 0.1) is 17.9 Å². The van der Waals surface area contributed by atoms with Gasteiger partial charge in [0.2, 0.25) is 5.91 Å². The molecule has 0 bridgehead atoms. The van der Waals surface area contributed by atoms with Gasteiger partial charge in [-0.05, 0) is 54.8 Å². The fourth-order valence-electron chi connectivity index (χ4n) is 3.77. The quantitative estimate of drug-likeness (QED) is 0.466. The summed E-state index contributed by atoms with van der Waals surface area (Å²) in [6.45, 7) is 0.495. The highest BCUT2D eigenvalue weighted by atomic mass is 32.1. The molecule has 0 radical (unpaired) electrons. The van der Waals surface area contributed by atoms with E-state index in [1.54, 1.807) is 29.9 Å². The average Bonchev–Trinajstić information content (AvgIpc) is 3.24. The maximum absolute atomic E-state index is 12.8. The van der Waals surface area contributed by atoms with Crippen molar-refractivity contribution in [1.29, 1.82) is 0 Å². The highest BCUT2D eigenvalue weighted by Gasteiger charge is 2.23. The fourth-order valence-corrected chi connectivity index (χ4v) is 4.60. The SMILES string of the molecule is O=C1CCCc2cc(-c3csc(-c4ccncc4)n3)ccc2N1Cc1ccccn1. The van der Waals surface area contributed by atoms with Gasteiger partial charge in [0, 0.05) is 47.2 Å². The van der Waals surface area contributed by atoms with Gasteiger partial charge in [-0.25, -0.2) is 4.98 Å². The first-order valence-corrected chi connectivity index (χ1v) is 10.9. The predicted molar refractivity (Wildman–Crippen MR) is 119 cm³/mol. The van der Waals surface area contributed by atoms with Gasteiger partial charge >= 0.3 is 0 Å². The van der Waals surface area contributed by atoms with E-state index in [9.17, 15) is 4.79 Å². The van der Waals surface area contributed by atoms with Crippen LogP contribution in [0.1, 0.15) is 24.1 Å². The molecule has 1 amide bonds. The predicted octanol–water partition coefficient (Wildman–Crippen LogP) is 5.14. The molecule has 0 aliphatic carbocycles. The molecule has 5 nitrogen and oxygen atoms in total. The number of hydrogen-bond acceptors (Lipinski definition) is 5. The molecular weight excluding hydrogens is 392 g/mol. The Morgan fingerprint density at radius 2 is 1.87 bits per heavy atom. The Kier molecular flexibility index (Phi) is 5.07. The van der Waals surface area contributed by atoms with Crippen molar-refractivity contribution in [2.75, 3.05) is 4.90 Å². The number of carbonyl (C=O) groups is 1. The maximum atomic E-state index is 12.8. The molecule has 0 saturated carbocycles. The number of amides is 1. The molecule has 4 aromatic rings. The van der Waals surface area contributed by atoms with E-state index in [1.165, 1.54) is 5.56 Å². The zero-order chi connectivity index (χ0) is 20.3. The van der Waals surface area contributed by atoms with Gasteiger partial charge in [-0.2, -0.15) is 0 Å². The molecule has 5 rings (SSSR count). The lowest BCUT2D eigenvalue weighted by atomic mass is 10.0. The van der Waals surface area contributed by atoms with Crippen molar-refractivity contribution in [3.05, 3.63) is 83.8 Å². The molecule has 0 atom stereocenters. The van der Waals surface area contributed by atoms with Crippen LogP contribution in [0.3, 0.4) is 0 Å². The van der Waals surface area contributed by atoms with Crippen molar-refractivity contribution in [3.63, 3.8) is 0 Å². The van der Waals surface area contributed by atoms with Crippen molar-refractivity contribution in [3.8, 4) is 21.8 Å². The third-order valence-electron chi connectivity index (χ3n) is 5.28. The summed E-state index contributed by atoms with van der Waals surface area (Å²) in [5.74, 6) is 0.154. The summed E-state index contributed by atoms with van der Waals surface area (Å²) >= 11 is 1.63. The lowest BCUT2D eigenvalue weighted by Gasteiger charge is -2.23. The molecule has 1 aromatic carbocycles. The topological polar surface area (TPSA) is 59.0 Å². The van der Waals surface area contributed by atoms with Crippen LogP contribution in [0.25, 0.3) is 21.8 Å².